The Balaban J connectivity index is 1.81. The minimum Gasteiger partial charge on any atom is -0.328 e. The van der Waals surface area contributed by atoms with E-state index >= 15 is 0 Å². The summed E-state index contributed by atoms with van der Waals surface area (Å²) >= 11 is 0. The lowest BCUT2D eigenvalue weighted by Crippen LogP contribution is -2.22. The second kappa shape index (κ2) is 4.07. The van der Waals surface area contributed by atoms with Crippen LogP contribution in [0.5, 0.6) is 0 Å². The summed E-state index contributed by atoms with van der Waals surface area (Å²) < 4.78 is 0. The Morgan fingerprint density at radius 3 is 2.73 bits per heavy atom. The van der Waals surface area contributed by atoms with Crippen LogP contribution in [0.4, 0.5) is 0 Å². The third-order valence-electron chi connectivity index (χ3n) is 2.35. The predicted molar refractivity (Wildman–Crippen MR) is 48.5 cm³/mol. The van der Waals surface area contributed by atoms with Crippen LogP contribution in [0.3, 0.4) is 0 Å². The van der Waals surface area contributed by atoms with E-state index in [1.807, 2.05) is 0 Å². The Hall–Kier alpha value is -0.0800. The van der Waals surface area contributed by atoms with Gasteiger partial charge in [-0.15, -0.1) is 0 Å². The highest BCUT2D eigenvalue weighted by Crippen LogP contribution is 2.28. The maximum atomic E-state index is 5.62. The maximum absolute atomic E-state index is 5.62. The molecule has 1 aliphatic carbocycles. The molecule has 11 heavy (non-hydrogen) atoms. The summed E-state index contributed by atoms with van der Waals surface area (Å²) in [5.41, 5.74) is 5.62. The Morgan fingerprint density at radius 2 is 2.27 bits per heavy atom. The van der Waals surface area contributed by atoms with Gasteiger partial charge in [-0.05, 0) is 38.6 Å². The van der Waals surface area contributed by atoms with Gasteiger partial charge in [0.1, 0.15) is 0 Å². The van der Waals surface area contributed by atoms with Crippen molar-refractivity contribution in [3.63, 3.8) is 0 Å². The quantitative estimate of drug-likeness (QED) is 0.585. The molecule has 0 amide bonds. The molecule has 3 N–H and O–H groups in total. The van der Waals surface area contributed by atoms with Gasteiger partial charge >= 0.3 is 0 Å². The van der Waals surface area contributed by atoms with Gasteiger partial charge in [0.15, 0.2) is 0 Å². The summed E-state index contributed by atoms with van der Waals surface area (Å²) in [7, 11) is 0. The summed E-state index contributed by atoms with van der Waals surface area (Å²) in [5.74, 6) is 0.922. The molecule has 3 atom stereocenters. The Kier molecular flexibility index (Phi) is 3.34. The first-order valence-corrected chi connectivity index (χ1v) is 4.69. The van der Waals surface area contributed by atoms with E-state index in [2.05, 4.69) is 19.2 Å². The smallest absolute Gasteiger partial charge is 0.00963 e. The van der Waals surface area contributed by atoms with Crippen molar-refractivity contribution in [1.82, 2.24) is 5.32 Å². The molecule has 2 heteroatoms. The third-order valence-corrected chi connectivity index (χ3v) is 2.35. The van der Waals surface area contributed by atoms with Crippen LogP contribution in [0, 0.1) is 5.92 Å². The van der Waals surface area contributed by atoms with Crippen LogP contribution in [0.2, 0.25) is 0 Å². The van der Waals surface area contributed by atoms with Crippen molar-refractivity contribution in [1.29, 1.82) is 0 Å². The van der Waals surface area contributed by atoms with Gasteiger partial charge in [-0.1, -0.05) is 6.92 Å². The molecule has 0 aromatic rings. The molecular formula is C9H20N2. The van der Waals surface area contributed by atoms with Gasteiger partial charge in [0.2, 0.25) is 0 Å². The molecule has 0 aromatic heterocycles. The lowest BCUT2D eigenvalue weighted by molar-refractivity contribution is 0.563. The van der Waals surface area contributed by atoms with E-state index in [4.69, 9.17) is 5.73 Å². The third kappa shape index (κ3) is 3.73. The second-order valence-corrected chi connectivity index (χ2v) is 3.89. The first-order valence-electron chi connectivity index (χ1n) is 4.69. The molecule has 2 nitrogen and oxygen atoms in total. The zero-order valence-corrected chi connectivity index (χ0v) is 7.64. The van der Waals surface area contributed by atoms with E-state index in [-0.39, 0.29) is 0 Å². The minimum absolute atomic E-state index is 0.369. The summed E-state index contributed by atoms with van der Waals surface area (Å²) in [6, 6.07) is 1.19. The highest BCUT2D eigenvalue weighted by molar-refractivity contribution is 4.89. The summed E-state index contributed by atoms with van der Waals surface area (Å²) in [4.78, 5) is 0. The summed E-state index contributed by atoms with van der Waals surface area (Å²) in [6.45, 7) is 5.51. The number of nitrogens with one attached hydrogen (secondary N) is 1. The van der Waals surface area contributed by atoms with Gasteiger partial charge in [-0.25, -0.2) is 0 Å². The fourth-order valence-corrected chi connectivity index (χ4v) is 1.32. The van der Waals surface area contributed by atoms with Crippen LogP contribution in [-0.4, -0.2) is 18.6 Å². The molecule has 0 spiro atoms. The first kappa shape index (κ1) is 9.01. The Morgan fingerprint density at radius 1 is 1.64 bits per heavy atom. The summed E-state index contributed by atoms with van der Waals surface area (Å²) in [6.07, 6.45) is 3.74. The van der Waals surface area contributed by atoms with Crippen LogP contribution >= 0.6 is 0 Å². The molecule has 66 valence electrons. The molecule has 0 saturated heterocycles. The number of rotatable bonds is 5. The van der Waals surface area contributed by atoms with Crippen molar-refractivity contribution in [2.75, 3.05) is 6.54 Å². The fraction of sp³-hybridized carbons (Fsp3) is 1.00. The number of hydrogen-bond acceptors (Lipinski definition) is 2. The van der Waals surface area contributed by atoms with Gasteiger partial charge in [-0.3, -0.25) is 0 Å². The van der Waals surface area contributed by atoms with E-state index < -0.39 is 0 Å². The molecule has 1 rings (SSSR count). The lowest BCUT2D eigenvalue weighted by atomic mass is 10.2. The average Bonchev–Trinajstić information content (AvgIpc) is 2.59. The van der Waals surface area contributed by atoms with Gasteiger partial charge in [0, 0.05) is 12.1 Å². The van der Waals surface area contributed by atoms with Gasteiger partial charge < -0.3 is 11.1 Å². The van der Waals surface area contributed by atoms with Crippen molar-refractivity contribution in [3.8, 4) is 0 Å². The molecule has 3 unspecified atom stereocenters. The molecule has 0 heterocycles. The van der Waals surface area contributed by atoms with Crippen LogP contribution in [-0.2, 0) is 0 Å². The monoisotopic (exact) mass is 156 g/mol. The zero-order chi connectivity index (χ0) is 8.27. The largest absolute Gasteiger partial charge is 0.328 e. The maximum Gasteiger partial charge on any atom is 0.00963 e. The van der Waals surface area contributed by atoms with Crippen molar-refractivity contribution in [2.24, 2.45) is 11.7 Å². The average molecular weight is 156 g/mol. The van der Waals surface area contributed by atoms with Gasteiger partial charge in [0.05, 0.1) is 0 Å². The van der Waals surface area contributed by atoms with Gasteiger partial charge in [-0.2, -0.15) is 0 Å². The topological polar surface area (TPSA) is 38.0 Å². The van der Waals surface area contributed by atoms with E-state index in [1.165, 1.54) is 12.8 Å². The normalized spacial score (nSPS) is 31.9. The standard InChI is InChI=1S/C9H20N2/c1-7-6-9(7)11-5-3-4-8(2)10/h7-9,11H,3-6,10H2,1-2H3. The van der Waals surface area contributed by atoms with Crippen molar-refractivity contribution < 1.29 is 0 Å². The van der Waals surface area contributed by atoms with Crippen molar-refractivity contribution in [2.45, 2.75) is 45.2 Å². The lowest BCUT2D eigenvalue weighted by Gasteiger charge is -2.05. The van der Waals surface area contributed by atoms with Crippen LogP contribution < -0.4 is 11.1 Å². The second-order valence-electron chi connectivity index (χ2n) is 3.89. The van der Waals surface area contributed by atoms with E-state index in [9.17, 15) is 0 Å². The molecule has 1 saturated carbocycles. The van der Waals surface area contributed by atoms with E-state index in [1.54, 1.807) is 0 Å². The van der Waals surface area contributed by atoms with Crippen molar-refractivity contribution >= 4 is 0 Å². The molecule has 1 fully saturated rings. The Labute approximate surface area is 69.5 Å². The Bertz CT molecular complexity index is 112. The molecule has 0 radical (unpaired) electrons. The summed E-state index contributed by atoms with van der Waals surface area (Å²) in [5, 5.41) is 3.51. The zero-order valence-electron chi connectivity index (χ0n) is 7.64. The van der Waals surface area contributed by atoms with Crippen LogP contribution in [0.1, 0.15) is 33.1 Å². The fourth-order valence-electron chi connectivity index (χ4n) is 1.32. The number of nitrogens with two attached hydrogens (primary N) is 1. The molecular weight excluding hydrogens is 136 g/mol. The molecule has 0 aromatic carbocycles. The van der Waals surface area contributed by atoms with Crippen molar-refractivity contribution in [3.05, 3.63) is 0 Å². The van der Waals surface area contributed by atoms with E-state index in [0.717, 1.165) is 24.9 Å². The predicted octanol–water partition coefficient (Wildman–Crippen LogP) is 1.11. The van der Waals surface area contributed by atoms with Gasteiger partial charge in [0.25, 0.3) is 0 Å². The minimum atomic E-state index is 0.369. The SMILES string of the molecule is CC(N)CCCNC1CC1C. The molecule has 1 aliphatic rings. The highest BCUT2D eigenvalue weighted by Gasteiger charge is 2.31. The molecule has 0 bridgehead atoms. The number of hydrogen-bond donors (Lipinski definition) is 2. The van der Waals surface area contributed by atoms with Crippen LogP contribution in [0.25, 0.3) is 0 Å². The highest BCUT2D eigenvalue weighted by atomic mass is 15.0. The molecule has 0 aliphatic heterocycles. The van der Waals surface area contributed by atoms with E-state index in [0.29, 0.717) is 6.04 Å². The first-order chi connectivity index (χ1) is 5.20. The van der Waals surface area contributed by atoms with Crippen LogP contribution in [0.15, 0.2) is 0 Å².